The number of benzene rings is 2. The Morgan fingerprint density at radius 3 is 2.50 bits per heavy atom. The third-order valence-electron chi connectivity index (χ3n) is 6.95. The monoisotopic (exact) mass is 547 g/mol. The Morgan fingerprint density at radius 1 is 1.12 bits per heavy atom. The van der Waals surface area contributed by atoms with E-state index in [4.69, 9.17) is 15.8 Å². The van der Waals surface area contributed by atoms with Crippen molar-refractivity contribution in [2.75, 3.05) is 5.32 Å². The van der Waals surface area contributed by atoms with E-state index in [9.17, 15) is 24.2 Å². The number of hydrogen-bond acceptors (Lipinski definition) is 5. The number of aliphatic hydroxyl groups excluding tert-OH is 2. The lowest BCUT2D eigenvalue weighted by atomic mass is 9.86. The van der Waals surface area contributed by atoms with Crippen LogP contribution in [0.3, 0.4) is 0 Å². The van der Waals surface area contributed by atoms with Crippen molar-refractivity contribution >= 4 is 23.8 Å². The van der Waals surface area contributed by atoms with Gasteiger partial charge in [0.05, 0.1) is 30.0 Å². The summed E-state index contributed by atoms with van der Waals surface area (Å²) in [6.07, 6.45) is 2.72. The number of pyridine rings is 1. The molecule has 0 fully saturated rings. The summed E-state index contributed by atoms with van der Waals surface area (Å²) < 4.78 is 13.9. The first-order valence-electron chi connectivity index (χ1n) is 13.3. The van der Waals surface area contributed by atoms with Crippen LogP contribution in [0.1, 0.15) is 61.4 Å². The van der Waals surface area contributed by atoms with Crippen molar-refractivity contribution in [1.82, 2.24) is 4.98 Å². The number of carbonyl (C=O) groups is 2. The number of urea groups is 1. The van der Waals surface area contributed by atoms with Crippen molar-refractivity contribution in [2.24, 2.45) is 5.73 Å². The molecule has 2 atom stereocenters. The molecule has 0 saturated carbocycles. The van der Waals surface area contributed by atoms with Gasteiger partial charge in [-0.3, -0.25) is 9.78 Å². The van der Waals surface area contributed by atoms with Crippen LogP contribution in [0.2, 0.25) is 0 Å². The minimum absolute atomic E-state index is 0.0126. The number of primary amides is 1. The highest BCUT2D eigenvalue weighted by Gasteiger charge is 2.25. The molecule has 0 spiro atoms. The second-order valence-corrected chi connectivity index (χ2v) is 10.4. The highest BCUT2D eigenvalue weighted by molar-refractivity contribution is 5.90. The highest BCUT2D eigenvalue weighted by Crippen LogP contribution is 2.42. The molecule has 1 heterocycles. The maximum absolute atomic E-state index is 13.9. The molecule has 0 unspecified atom stereocenters. The Hall–Kier alpha value is -4.08. The Morgan fingerprint density at radius 2 is 1.85 bits per heavy atom. The van der Waals surface area contributed by atoms with Gasteiger partial charge >= 0.3 is 12.0 Å². The summed E-state index contributed by atoms with van der Waals surface area (Å²) in [5.74, 6) is -1.51. The van der Waals surface area contributed by atoms with Gasteiger partial charge in [-0.25, -0.2) is 9.18 Å². The van der Waals surface area contributed by atoms with Crippen LogP contribution in [0.4, 0.5) is 14.9 Å². The van der Waals surface area contributed by atoms with E-state index in [-0.39, 0.29) is 18.2 Å². The van der Waals surface area contributed by atoms with Gasteiger partial charge < -0.3 is 26.4 Å². The number of aliphatic hydroxyl groups is 2. The molecule has 2 amide bonds. The second kappa shape index (κ2) is 12.4. The number of aromatic nitrogens is 1. The van der Waals surface area contributed by atoms with Gasteiger partial charge in [-0.15, -0.1) is 0 Å². The predicted octanol–water partition coefficient (Wildman–Crippen LogP) is 5.26. The zero-order valence-corrected chi connectivity index (χ0v) is 22.5. The van der Waals surface area contributed by atoms with Crippen molar-refractivity contribution in [2.45, 2.75) is 64.1 Å². The van der Waals surface area contributed by atoms with E-state index in [0.29, 0.717) is 12.1 Å². The Kier molecular flexibility index (Phi) is 8.96. The molecule has 210 valence electrons. The number of halogens is 1. The van der Waals surface area contributed by atoms with Gasteiger partial charge in [0.15, 0.2) is 0 Å². The average molecular weight is 548 g/mol. The van der Waals surface area contributed by atoms with Gasteiger partial charge in [0, 0.05) is 23.2 Å². The van der Waals surface area contributed by atoms with E-state index in [1.54, 1.807) is 30.4 Å². The molecule has 3 aromatic rings. The molecule has 0 aliphatic heterocycles. The van der Waals surface area contributed by atoms with Crippen LogP contribution in [-0.2, 0) is 17.6 Å². The standard InChI is InChI=1S/C31H34FN3O5/c1-17(2)29-26(13-11-22(36)15-23(37)16-27(38)39)28(18-6-8-20(32)9-7-18)25-5-3-4-19-14-21(34-31(33)40)10-12-24(19)30(25)35-29/h6-14,17,22-23,36-37H,3-5,15-16H2,1-2H3,(H,38,39)(H3,33,34,40)/t22-,23-/m1/s1. The molecule has 0 radical (unpaired) electrons. The van der Waals surface area contributed by atoms with Crippen LogP contribution < -0.4 is 11.1 Å². The summed E-state index contributed by atoms with van der Waals surface area (Å²) in [6.45, 7) is 4.04. The van der Waals surface area contributed by atoms with Gasteiger partial charge in [-0.05, 0) is 71.7 Å². The van der Waals surface area contributed by atoms with Crippen molar-refractivity contribution in [3.8, 4) is 22.4 Å². The molecule has 40 heavy (non-hydrogen) atoms. The van der Waals surface area contributed by atoms with Gasteiger partial charge in [0.25, 0.3) is 0 Å². The lowest BCUT2D eigenvalue weighted by Gasteiger charge is -2.22. The Balaban J connectivity index is 1.90. The van der Waals surface area contributed by atoms with Crippen LogP contribution in [0.25, 0.3) is 28.5 Å². The fourth-order valence-electron chi connectivity index (χ4n) is 5.24. The molecule has 1 aliphatic carbocycles. The van der Waals surface area contributed by atoms with Crippen LogP contribution in [0.15, 0.2) is 48.5 Å². The number of carboxylic acids is 1. The largest absolute Gasteiger partial charge is 0.481 e. The van der Waals surface area contributed by atoms with E-state index in [2.05, 4.69) is 5.32 Å². The number of carbonyl (C=O) groups excluding carboxylic acids is 1. The molecular formula is C31H34FN3O5. The average Bonchev–Trinajstić information content (AvgIpc) is 3.05. The van der Waals surface area contributed by atoms with E-state index in [0.717, 1.165) is 57.6 Å². The summed E-state index contributed by atoms with van der Waals surface area (Å²) in [6, 6.07) is 11.3. The number of nitrogens with zero attached hydrogens (tertiary/aromatic N) is 1. The van der Waals surface area contributed by atoms with Crippen LogP contribution in [-0.4, -0.2) is 44.5 Å². The lowest BCUT2D eigenvalue weighted by molar-refractivity contribution is -0.139. The van der Waals surface area contributed by atoms with E-state index < -0.39 is 30.6 Å². The number of amides is 2. The Bertz CT molecular complexity index is 1440. The molecule has 9 heteroatoms. The minimum Gasteiger partial charge on any atom is -0.481 e. The van der Waals surface area contributed by atoms with Crippen LogP contribution in [0, 0.1) is 5.82 Å². The molecular weight excluding hydrogens is 513 g/mol. The normalized spacial score (nSPS) is 14.3. The van der Waals surface area contributed by atoms with Crippen molar-refractivity contribution in [3.63, 3.8) is 0 Å². The number of carboxylic acid groups (broad SMARTS) is 1. The quantitative estimate of drug-likeness (QED) is 0.247. The lowest BCUT2D eigenvalue weighted by Crippen LogP contribution is -2.19. The molecule has 0 saturated heterocycles. The van der Waals surface area contributed by atoms with Crippen molar-refractivity contribution in [1.29, 1.82) is 0 Å². The van der Waals surface area contributed by atoms with E-state index in [1.165, 1.54) is 12.1 Å². The van der Waals surface area contributed by atoms with Gasteiger partial charge in [-0.1, -0.05) is 44.2 Å². The molecule has 2 aromatic carbocycles. The third-order valence-corrected chi connectivity index (χ3v) is 6.95. The summed E-state index contributed by atoms with van der Waals surface area (Å²) in [5.41, 5.74) is 13.0. The predicted molar refractivity (Wildman–Crippen MR) is 152 cm³/mol. The maximum Gasteiger partial charge on any atom is 0.316 e. The van der Waals surface area contributed by atoms with Gasteiger partial charge in [0.2, 0.25) is 0 Å². The van der Waals surface area contributed by atoms with E-state index >= 15 is 0 Å². The van der Waals surface area contributed by atoms with Crippen molar-refractivity contribution < 1.29 is 29.3 Å². The third kappa shape index (κ3) is 6.73. The highest BCUT2D eigenvalue weighted by atomic mass is 19.1. The first-order valence-corrected chi connectivity index (χ1v) is 13.3. The fourth-order valence-corrected chi connectivity index (χ4v) is 5.24. The van der Waals surface area contributed by atoms with E-state index in [1.807, 2.05) is 26.0 Å². The van der Waals surface area contributed by atoms with Crippen LogP contribution in [0.5, 0.6) is 0 Å². The number of nitrogens with two attached hydrogens (primary N) is 1. The molecule has 6 N–H and O–H groups in total. The van der Waals surface area contributed by atoms with Gasteiger partial charge in [-0.2, -0.15) is 0 Å². The number of aliphatic carboxylic acids is 1. The SMILES string of the molecule is CC(C)c1nc2c(c(-c3ccc(F)cc3)c1C=C[C@@H](O)C[C@@H](O)CC(=O)O)CCCc1cc(NC(N)=O)ccc1-2. The summed E-state index contributed by atoms with van der Waals surface area (Å²) in [4.78, 5) is 27.5. The number of anilines is 1. The van der Waals surface area contributed by atoms with Crippen LogP contribution >= 0.6 is 0 Å². The first kappa shape index (κ1) is 28.9. The minimum atomic E-state index is -1.19. The maximum atomic E-state index is 13.9. The van der Waals surface area contributed by atoms with Crippen molar-refractivity contribution in [3.05, 3.63) is 76.7 Å². The number of hydrogen-bond donors (Lipinski definition) is 5. The zero-order valence-electron chi connectivity index (χ0n) is 22.5. The number of rotatable bonds is 9. The fraction of sp³-hybridized carbons (Fsp3) is 0.323. The Labute approximate surface area is 232 Å². The number of nitrogens with one attached hydrogen (secondary N) is 1. The molecule has 1 aromatic heterocycles. The topological polar surface area (TPSA) is 146 Å². The summed E-state index contributed by atoms with van der Waals surface area (Å²) in [5, 5.41) is 32.1. The molecule has 1 aliphatic rings. The second-order valence-electron chi connectivity index (χ2n) is 10.4. The number of aryl methyl sites for hydroxylation is 1. The first-order chi connectivity index (χ1) is 19.0. The summed E-state index contributed by atoms with van der Waals surface area (Å²) in [7, 11) is 0. The molecule has 8 nitrogen and oxygen atoms in total. The summed E-state index contributed by atoms with van der Waals surface area (Å²) >= 11 is 0. The molecule has 4 rings (SSSR count). The molecule has 0 bridgehead atoms. The van der Waals surface area contributed by atoms with Gasteiger partial charge in [0.1, 0.15) is 5.82 Å². The zero-order chi connectivity index (χ0) is 29.0. The number of fused-ring (bicyclic) bond motifs is 3. The smallest absolute Gasteiger partial charge is 0.316 e.